The number of amides is 4. The molecule has 0 bridgehead atoms. The molecule has 1 fully saturated rings. The molecule has 1 aliphatic rings. The van der Waals surface area contributed by atoms with Crippen molar-refractivity contribution in [3.8, 4) is 0 Å². The third-order valence-corrected chi connectivity index (χ3v) is 11.7. The van der Waals surface area contributed by atoms with Gasteiger partial charge in [0.2, 0.25) is 17.7 Å². The molecule has 1 unspecified atom stereocenters. The van der Waals surface area contributed by atoms with Crippen LogP contribution in [-0.4, -0.2) is 95.3 Å². The molecule has 1 aromatic carbocycles. The maximum atomic E-state index is 14.3. The number of aromatic nitrogens is 1. The first-order chi connectivity index (χ1) is 25.0. The Morgan fingerprint density at radius 1 is 1.02 bits per heavy atom. The lowest BCUT2D eigenvalue weighted by Gasteiger charge is -2.38. The van der Waals surface area contributed by atoms with Crippen LogP contribution in [0.1, 0.15) is 115 Å². The molecule has 0 radical (unpaired) electrons. The molecule has 0 aliphatic carbocycles. The molecule has 3 rings (SSSR count). The molecule has 1 aromatic heterocycles. The lowest BCUT2D eigenvalue weighted by atomic mass is 9.91. The molecule has 2 aromatic rings. The Morgan fingerprint density at radius 2 is 1.70 bits per heavy atom. The minimum absolute atomic E-state index is 0.00478. The van der Waals surface area contributed by atoms with Crippen molar-refractivity contribution in [2.45, 2.75) is 124 Å². The predicted molar refractivity (Wildman–Crippen MR) is 208 cm³/mol. The average Bonchev–Trinajstić information content (AvgIpc) is 3.75. The second-order valence-corrected chi connectivity index (χ2v) is 16.1. The summed E-state index contributed by atoms with van der Waals surface area (Å²) in [5.74, 6) is -1.81. The van der Waals surface area contributed by atoms with Crippen LogP contribution in [0, 0.1) is 17.8 Å². The summed E-state index contributed by atoms with van der Waals surface area (Å²) >= 11 is 1.27. The molecule has 1 aliphatic heterocycles. The lowest BCUT2D eigenvalue weighted by Crippen LogP contribution is -2.60. The number of carbonyl (C=O) groups excluding carboxylic acids is 5. The number of thiazole rings is 1. The van der Waals surface area contributed by atoms with Crippen LogP contribution < -0.4 is 16.0 Å². The van der Waals surface area contributed by atoms with Crippen molar-refractivity contribution in [2.24, 2.45) is 17.8 Å². The Balaban J connectivity index is 1.83. The first kappa shape index (κ1) is 43.6. The third kappa shape index (κ3) is 11.8. The fourth-order valence-electron chi connectivity index (χ4n) is 7.04. The van der Waals surface area contributed by atoms with E-state index in [0.29, 0.717) is 30.7 Å². The molecule has 13 heteroatoms. The van der Waals surface area contributed by atoms with Gasteiger partial charge in [0.15, 0.2) is 0 Å². The smallest absolute Gasteiger partial charge is 0.308 e. The maximum Gasteiger partial charge on any atom is 0.308 e. The molecular weight excluding hydrogens is 693 g/mol. The van der Waals surface area contributed by atoms with Crippen LogP contribution in [0.2, 0.25) is 0 Å². The SMILES string of the molecule is CCOC(=O)[C@@H](C)C[C@H](Cc1ccccc1)NC(=O)c1csc([C@@H](C[C@H](C(C)C)N(C)C(=O)[C@@H](NC(=O)[C@@]2(C)CCCN2C)C(C)CC)NC(C)=O)n1. The largest absolute Gasteiger partial charge is 0.466 e. The van der Waals surface area contributed by atoms with E-state index in [1.807, 2.05) is 72.0 Å². The predicted octanol–water partition coefficient (Wildman–Crippen LogP) is 5.14. The quantitative estimate of drug-likeness (QED) is 0.167. The van der Waals surface area contributed by atoms with Gasteiger partial charge in [-0.15, -0.1) is 11.3 Å². The summed E-state index contributed by atoms with van der Waals surface area (Å²) in [6, 6.07) is 7.78. The molecular formula is C40H62N6O6S. The Labute approximate surface area is 320 Å². The molecule has 53 heavy (non-hydrogen) atoms. The summed E-state index contributed by atoms with van der Waals surface area (Å²) < 4.78 is 5.22. The van der Waals surface area contributed by atoms with Crippen molar-refractivity contribution < 1.29 is 28.7 Å². The highest BCUT2D eigenvalue weighted by atomic mass is 32.1. The summed E-state index contributed by atoms with van der Waals surface area (Å²) in [6.45, 7) is 16.1. The Kier molecular flexibility index (Phi) is 16.4. The number of nitrogens with zero attached hydrogens (tertiary/aromatic N) is 3. The molecule has 3 N–H and O–H groups in total. The van der Waals surface area contributed by atoms with E-state index < -0.39 is 23.5 Å². The second-order valence-electron chi connectivity index (χ2n) is 15.2. The number of benzene rings is 1. The van der Waals surface area contributed by atoms with E-state index in [2.05, 4.69) is 20.9 Å². The van der Waals surface area contributed by atoms with Gasteiger partial charge in [-0.25, -0.2) is 4.98 Å². The number of ether oxygens (including phenoxy) is 1. The number of rotatable bonds is 19. The van der Waals surface area contributed by atoms with E-state index in [1.54, 1.807) is 31.2 Å². The normalized spacial score (nSPS) is 19.4. The number of carbonyl (C=O) groups is 5. The van der Waals surface area contributed by atoms with Gasteiger partial charge in [-0.05, 0) is 76.9 Å². The van der Waals surface area contributed by atoms with Crippen LogP contribution in [0.15, 0.2) is 35.7 Å². The van der Waals surface area contributed by atoms with Gasteiger partial charge < -0.3 is 25.6 Å². The highest BCUT2D eigenvalue weighted by molar-refractivity contribution is 7.09. The molecule has 1 saturated heterocycles. The molecule has 12 nitrogen and oxygen atoms in total. The van der Waals surface area contributed by atoms with E-state index in [-0.39, 0.29) is 65.8 Å². The van der Waals surface area contributed by atoms with Gasteiger partial charge in [0.05, 0.1) is 24.1 Å². The van der Waals surface area contributed by atoms with E-state index in [4.69, 9.17) is 9.72 Å². The fraction of sp³-hybridized carbons (Fsp3) is 0.650. The van der Waals surface area contributed by atoms with E-state index in [0.717, 1.165) is 24.9 Å². The number of likely N-dealkylation sites (tertiary alicyclic amines) is 1. The minimum atomic E-state index is -0.714. The highest BCUT2D eigenvalue weighted by Gasteiger charge is 2.44. The van der Waals surface area contributed by atoms with Gasteiger partial charge >= 0.3 is 5.97 Å². The number of nitrogens with one attached hydrogen (secondary N) is 3. The Hall–Kier alpha value is -3.84. The van der Waals surface area contributed by atoms with Crippen LogP contribution in [0.3, 0.4) is 0 Å². The maximum absolute atomic E-state index is 14.3. The molecule has 0 spiro atoms. The van der Waals surface area contributed by atoms with Gasteiger partial charge in [0.25, 0.3) is 5.91 Å². The zero-order valence-corrected chi connectivity index (χ0v) is 34.2. The van der Waals surface area contributed by atoms with Crippen molar-refractivity contribution in [3.05, 3.63) is 52.0 Å². The van der Waals surface area contributed by atoms with E-state index in [9.17, 15) is 24.0 Å². The molecule has 0 saturated carbocycles. The van der Waals surface area contributed by atoms with E-state index >= 15 is 0 Å². The molecule has 4 amide bonds. The Morgan fingerprint density at radius 3 is 2.26 bits per heavy atom. The fourth-order valence-corrected chi connectivity index (χ4v) is 7.91. The summed E-state index contributed by atoms with van der Waals surface area (Å²) in [4.78, 5) is 74.9. The Bertz CT molecular complexity index is 1530. The molecule has 2 heterocycles. The van der Waals surface area contributed by atoms with Crippen molar-refractivity contribution >= 4 is 40.9 Å². The van der Waals surface area contributed by atoms with Crippen molar-refractivity contribution in [2.75, 3.05) is 27.2 Å². The van der Waals surface area contributed by atoms with Crippen LogP contribution in [0.5, 0.6) is 0 Å². The monoisotopic (exact) mass is 754 g/mol. The number of esters is 1. The van der Waals surface area contributed by atoms with Gasteiger partial charge in [0.1, 0.15) is 16.7 Å². The van der Waals surface area contributed by atoms with Gasteiger partial charge in [0, 0.05) is 31.4 Å². The van der Waals surface area contributed by atoms with Crippen LogP contribution in [0.4, 0.5) is 0 Å². The van der Waals surface area contributed by atoms with Gasteiger partial charge in [-0.3, -0.25) is 28.9 Å². The van der Waals surface area contributed by atoms with Crippen LogP contribution >= 0.6 is 11.3 Å². The number of likely N-dealkylation sites (N-methyl/N-ethyl adjacent to an activating group) is 2. The minimum Gasteiger partial charge on any atom is -0.466 e. The summed E-state index contributed by atoms with van der Waals surface area (Å²) in [5, 5.41) is 11.4. The van der Waals surface area contributed by atoms with Gasteiger partial charge in [-0.1, -0.05) is 71.4 Å². The lowest BCUT2D eigenvalue weighted by molar-refractivity contribution is -0.147. The van der Waals surface area contributed by atoms with Crippen molar-refractivity contribution in [1.82, 2.24) is 30.7 Å². The van der Waals surface area contributed by atoms with Gasteiger partial charge in [-0.2, -0.15) is 0 Å². The van der Waals surface area contributed by atoms with Crippen molar-refractivity contribution in [3.63, 3.8) is 0 Å². The van der Waals surface area contributed by atoms with E-state index in [1.165, 1.54) is 18.3 Å². The molecule has 294 valence electrons. The number of hydrogen-bond donors (Lipinski definition) is 3. The standard InChI is InChI=1S/C40H62N6O6S/c1-11-26(5)34(44-39(51)40(8)19-16-20-45(40)9)37(49)46(10)33(25(3)4)23-31(41-28(7)47)36-43-32(24-53-36)35(48)42-30(21-27(6)38(50)52-12-2)22-29-17-14-13-15-18-29/h13-15,17-18,24-27,30-31,33-34H,11-12,16,19-23H2,1-10H3,(H,41,47)(H,42,48)(H,44,51)/t26?,27-,30+,31+,33+,34-,40+/m0/s1. The zero-order valence-electron chi connectivity index (χ0n) is 33.4. The summed E-state index contributed by atoms with van der Waals surface area (Å²) in [6.07, 6.45) is 3.61. The highest BCUT2D eigenvalue weighted by Crippen LogP contribution is 2.30. The van der Waals surface area contributed by atoms with Crippen LogP contribution in [0.25, 0.3) is 0 Å². The topological polar surface area (TPSA) is 150 Å². The third-order valence-electron chi connectivity index (χ3n) is 10.8. The average molecular weight is 755 g/mol. The van der Waals surface area contributed by atoms with Crippen molar-refractivity contribution in [1.29, 1.82) is 0 Å². The molecule has 7 atom stereocenters. The first-order valence-electron chi connectivity index (χ1n) is 19.0. The summed E-state index contributed by atoms with van der Waals surface area (Å²) in [5.41, 5.74) is 0.554. The second kappa shape index (κ2) is 20.0. The summed E-state index contributed by atoms with van der Waals surface area (Å²) in [7, 11) is 3.70. The number of hydrogen-bond acceptors (Lipinski definition) is 9. The first-order valence-corrected chi connectivity index (χ1v) is 19.9. The zero-order chi connectivity index (χ0) is 39.5. The van der Waals surface area contributed by atoms with Crippen LogP contribution in [-0.2, 0) is 30.3 Å².